The van der Waals surface area contributed by atoms with Crippen LogP contribution in [-0.2, 0) is 9.84 Å². The van der Waals surface area contributed by atoms with Crippen LogP contribution in [0.1, 0.15) is 13.3 Å². The molecule has 0 bridgehead atoms. The molecular weight excluding hydrogens is 280 g/mol. The number of nitrogens with zero attached hydrogens (tertiary/aromatic N) is 1. The van der Waals surface area contributed by atoms with E-state index in [1.165, 1.54) is 12.3 Å². The number of thioether (sulfide) groups is 1. The first-order valence-corrected chi connectivity index (χ1v) is 9.41. The largest absolute Gasteiger partial charge is 0.397 e. The molecule has 0 radical (unpaired) electrons. The highest BCUT2D eigenvalue weighted by atomic mass is 32.2. The number of benzene rings is 1. The Morgan fingerprint density at radius 1 is 1.42 bits per heavy atom. The summed E-state index contributed by atoms with van der Waals surface area (Å²) >= 11 is 1.79. The lowest BCUT2D eigenvalue weighted by atomic mass is 10.2. The second-order valence-corrected chi connectivity index (χ2v) is 7.55. The first kappa shape index (κ1) is 16.2. The SMILES string of the molecule is CCC(CSC)N(C)c1ccc(S(C)(=O)=O)cc1N. The van der Waals surface area contributed by atoms with E-state index < -0.39 is 9.84 Å². The Bertz CT molecular complexity index is 529. The molecule has 19 heavy (non-hydrogen) atoms. The lowest BCUT2D eigenvalue weighted by molar-refractivity contribution is 0.602. The molecule has 6 heteroatoms. The smallest absolute Gasteiger partial charge is 0.175 e. The van der Waals surface area contributed by atoms with Gasteiger partial charge in [-0.05, 0) is 30.9 Å². The molecule has 1 unspecified atom stereocenters. The van der Waals surface area contributed by atoms with Crippen molar-refractivity contribution in [2.75, 3.05) is 35.9 Å². The summed E-state index contributed by atoms with van der Waals surface area (Å²) in [6.07, 6.45) is 4.28. The van der Waals surface area contributed by atoms with Crippen LogP contribution in [0, 0.1) is 0 Å². The van der Waals surface area contributed by atoms with Gasteiger partial charge in [0.25, 0.3) is 0 Å². The number of hydrogen-bond acceptors (Lipinski definition) is 5. The van der Waals surface area contributed by atoms with Crippen molar-refractivity contribution in [3.05, 3.63) is 18.2 Å². The molecule has 0 spiro atoms. The number of nitrogens with two attached hydrogens (primary N) is 1. The van der Waals surface area contributed by atoms with Gasteiger partial charge in [-0.3, -0.25) is 0 Å². The predicted molar refractivity (Wildman–Crippen MR) is 84.8 cm³/mol. The third kappa shape index (κ3) is 4.04. The minimum atomic E-state index is -3.21. The molecule has 0 saturated heterocycles. The second-order valence-electron chi connectivity index (χ2n) is 4.62. The van der Waals surface area contributed by atoms with Crippen LogP contribution in [0.5, 0.6) is 0 Å². The van der Waals surface area contributed by atoms with E-state index >= 15 is 0 Å². The van der Waals surface area contributed by atoms with Gasteiger partial charge in [0.15, 0.2) is 9.84 Å². The second kappa shape index (κ2) is 6.52. The molecule has 4 nitrogen and oxygen atoms in total. The lowest BCUT2D eigenvalue weighted by Crippen LogP contribution is -2.33. The third-order valence-electron chi connectivity index (χ3n) is 3.19. The van der Waals surface area contributed by atoms with Gasteiger partial charge < -0.3 is 10.6 Å². The molecule has 0 heterocycles. The van der Waals surface area contributed by atoms with Crippen LogP contribution in [0.25, 0.3) is 0 Å². The summed E-state index contributed by atoms with van der Waals surface area (Å²) in [5.74, 6) is 1.01. The Morgan fingerprint density at radius 2 is 2.05 bits per heavy atom. The maximum absolute atomic E-state index is 11.5. The zero-order valence-electron chi connectivity index (χ0n) is 11.9. The van der Waals surface area contributed by atoms with Gasteiger partial charge in [-0.2, -0.15) is 11.8 Å². The predicted octanol–water partition coefficient (Wildman–Crippen LogP) is 2.25. The first-order chi connectivity index (χ1) is 8.81. The molecule has 2 N–H and O–H groups in total. The molecule has 1 aromatic carbocycles. The normalized spacial score (nSPS) is 13.3. The van der Waals surface area contributed by atoms with Crippen molar-refractivity contribution in [3.8, 4) is 0 Å². The van der Waals surface area contributed by atoms with Crippen molar-refractivity contribution in [1.29, 1.82) is 0 Å². The molecule has 1 atom stereocenters. The van der Waals surface area contributed by atoms with Crippen molar-refractivity contribution in [3.63, 3.8) is 0 Å². The van der Waals surface area contributed by atoms with Crippen molar-refractivity contribution in [2.45, 2.75) is 24.3 Å². The van der Waals surface area contributed by atoms with Crippen LogP contribution in [0.4, 0.5) is 11.4 Å². The van der Waals surface area contributed by atoms with Gasteiger partial charge in [-0.25, -0.2) is 8.42 Å². The summed E-state index contributed by atoms with van der Waals surface area (Å²) in [7, 11) is -1.21. The Hall–Kier alpha value is -0.880. The zero-order chi connectivity index (χ0) is 14.6. The Kier molecular flexibility index (Phi) is 5.55. The Morgan fingerprint density at radius 3 is 2.47 bits per heavy atom. The fraction of sp³-hybridized carbons (Fsp3) is 0.538. The quantitative estimate of drug-likeness (QED) is 0.817. The van der Waals surface area contributed by atoms with E-state index in [0.717, 1.165) is 17.9 Å². The highest BCUT2D eigenvalue weighted by Gasteiger charge is 2.16. The van der Waals surface area contributed by atoms with Crippen molar-refractivity contribution >= 4 is 33.0 Å². The van der Waals surface area contributed by atoms with Gasteiger partial charge in [-0.15, -0.1) is 0 Å². The fourth-order valence-corrected chi connectivity index (χ4v) is 3.48. The number of hydrogen-bond donors (Lipinski definition) is 1. The third-order valence-corrected chi connectivity index (χ3v) is 5.01. The van der Waals surface area contributed by atoms with E-state index in [1.54, 1.807) is 23.9 Å². The highest BCUT2D eigenvalue weighted by molar-refractivity contribution is 7.98. The molecule has 1 aromatic rings. The molecular formula is C13H22N2O2S2. The van der Waals surface area contributed by atoms with Crippen LogP contribution in [-0.4, -0.2) is 39.8 Å². The number of rotatable bonds is 6. The number of sulfone groups is 1. The minimum absolute atomic E-state index is 0.264. The summed E-state index contributed by atoms with van der Waals surface area (Å²) in [4.78, 5) is 2.39. The van der Waals surface area contributed by atoms with Crippen LogP contribution in [0.15, 0.2) is 23.1 Å². The van der Waals surface area contributed by atoms with Crippen molar-refractivity contribution in [2.24, 2.45) is 0 Å². The van der Waals surface area contributed by atoms with Gasteiger partial charge >= 0.3 is 0 Å². The van der Waals surface area contributed by atoms with E-state index in [0.29, 0.717) is 11.7 Å². The molecule has 0 aromatic heterocycles. The van der Waals surface area contributed by atoms with Crippen LogP contribution >= 0.6 is 11.8 Å². The summed E-state index contributed by atoms with van der Waals surface area (Å²) in [5.41, 5.74) is 7.38. The number of anilines is 2. The van der Waals surface area contributed by atoms with E-state index in [4.69, 9.17) is 5.73 Å². The van der Waals surface area contributed by atoms with Crippen LogP contribution < -0.4 is 10.6 Å². The van der Waals surface area contributed by atoms with Crippen molar-refractivity contribution in [1.82, 2.24) is 0 Å². The molecule has 0 aliphatic heterocycles. The van der Waals surface area contributed by atoms with E-state index in [9.17, 15) is 8.42 Å². The summed E-state index contributed by atoms with van der Waals surface area (Å²) < 4.78 is 23.0. The molecule has 0 saturated carbocycles. The maximum Gasteiger partial charge on any atom is 0.175 e. The van der Waals surface area contributed by atoms with E-state index in [1.807, 2.05) is 7.05 Å². The van der Waals surface area contributed by atoms with Gasteiger partial charge in [0.05, 0.1) is 16.3 Å². The Labute approximate surface area is 120 Å². The summed E-state index contributed by atoms with van der Waals surface area (Å²) in [6, 6.07) is 5.33. The average molecular weight is 302 g/mol. The van der Waals surface area contributed by atoms with Crippen LogP contribution in [0.2, 0.25) is 0 Å². The molecule has 0 aliphatic carbocycles. The van der Waals surface area contributed by atoms with Gasteiger partial charge in [-0.1, -0.05) is 6.92 Å². The standard InChI is InChI=1S/C13H22N2O2S2/c1-5-10(9-18-3)15(2)13-7-6-11(8-12(13)14)19(4,16)17/h6-8,10H,5,9,14H2,1-4H3. The van der Waals surface area contributed by atoms with Crippen LogP contribution in [0.3, 0.4) is 0 Å². The lowest BCUT2D eigenvalue weighted by Gasteiger charge is -2.30. The summed E-state index contributed by atoms with van der Waals surface area (Å²) in [6.45, 7) is 2.14. The van der Waals surface area contributed by atoms with Gasteiger partial charge in [0.2, 0.25) is 0 Å². The van der Waals surface area contributed by atoms with Gasteiger partial charge in [0, 0.05) is 25.1 Å². The summed E-state index contributed by atoms with van der Waals surface area (Å²) in [5, 5.41) is 0. The number of nitrogen functional groups attached to an aromatic ring is 1. The topological polar surface area (TPSA) is 63.4 Å². The average Bonchev–Trinajstić information content (AvgIpc) is 2.34. The monoisotopic (exact) mass is 302 g/mol. The highest BCUT2D eigenvalue weighted by Crippen LogP contribution is 2.28. The first-order valence-electron chi connectivity index (χ1n) is 6.12. The van der Waals surface area contributed by atoms with Gasteiger partial charge in [0.1, 0.15) is 0 Å². The fourth-order valence-electron chi connectivity index (χ4n) is 1.98. The van der Waals surface area contributed by atoms with E-state index in [-0.39, 0.29) is 4.90 Å². The van der Waals surface area contributed by atoms with E-state index in [2.05, 4.69) is 18.1 Å². The zero-order valence-corrected chi connectivity index (χ0v) is 13.5. The molecule has 0 fully saturated rings. The van der Waals surface area contributed by atoms with Crippen molar-refractivity contribution < 1.29 is 8.42 Å². The molecule has 108 valence electrons. The molecule has 0 amide bonds. The minimum Gasteiger partial charge on any atom is -0.397 e. The molecule has 0 aliphatic rings. The molecule has 1 rings (SSSR count). The maximum atomic E-state index is 11.5. The Balaban J connectivity index is 3.08.